The van der Waals surface area contributed by atoms with Gasteiger partial charge in [0.25, 0.3) is 0 Å². The van der Waals surface area contributed by atoms with Crippen LogP contribution in [0.5, 0.6) is 0 Å². The monoisotopic (exact) mass is 324 g/mol. The van der Waals surface area contributed by atoms with Crippen molar-refractivity contribution in [3.63, 3.8) is 0 Å². The molecule has 0 aromatic carbocycles. The molecule has 0 rings (SSSR count). The third-order valence-corrected chi connectivity index (χ3v) is 2.54. The number of carbonyl (C=O) groups is 1. The maximum Gasteiger partial charge on any atom is 0.407 e. The van der Waals surface area contributed by atoms with Gasteiger partial charge in [-0.1, -0.05) is 0 Å². The molecule has 0 aromatic heterocycles. The summed E-state index contributed by atoms with van der Waals surface area (Å²) in [4.78, 5) is 9.90. The number of aliphatic hydroxyl groups excluding tert-OH is 5. The highest BCUT2D eigenvalue weighted by Gasteiger charge is 2.29. The molecule has 0 unspecified atom stereocenters. The van der Waals surface area contributed by atoms with Crippen molar-refractivity contribution >= 4 is 25.4 Å². The first-order chi connectivity index (χ1) is 8.60. The summed E-state index contributed by atoms with van der Waals surface area (Å²) in [5, 5.41) is 43.5. The summed E-state index contributed by atoms with van der Waals surface area (Å²) < 4.78 is 38.6. The average molecular weight is 324 g/mol. The molecule has 0 saturated carbocycles. The van der Waals surface area contributed by atoms with Crippen LogP contribution in [0.25, 0.3) is 0 Å². The molecule has 0 aliphatic rings. The molecule has 0 heterocycles. The Hall–Kier alpha value is -0.560. The number of aliphatic hydroxyl groups is 5. The Kier molecular flexibility index (Phi) is 11.2. The van der Waals surface area contributed by atoms with E-state index >= 15 is 0 Å². The normalized spacial score (nSPS) is 17.8. The van der Waals surface area contributed by atoms with E-state index in [0.29, 0.717) is 0 Å². The van der Waals surface area contributed by atoms with E-state index in [1.165, 1.54) is 0 Å². The van der Waals surface area contributed by atoms with E-state index in [9.17, 15) is 13.2 Å². The van der Waals surface area contributed by atoms with Gasteiger partial charge in [0.05, 0.1) is 6.61 Å². The van der Waals surface area contributed by atoms with Crippen LogP contribution in [0, 0.1) is 0 Å². The molecular formula is C6H13O11PS. The van der Waals surface area contributed by atoms with E-state index in [1.807, 2.05) is 0 Å². The van der Waals surface area contributed by atoms with Gasteiger partial charge >= 0.3 is 19.1 Å². The molecule has 0 saturated heterocycles. The van der Waals surface area contributed by atoms with Gasteiger partial charge in [-0.25, -0.2) is 4.57 Å². The van der Waals surface area contributed by atoms with Crippen LogP contribution in [0.2, 0.25) is 0 Å². The van der Waals surface area contributed by atoms with Gasteiger partial charge in [0.2, 0.25) is 0 Å². The van der Waals surface area contributed by atoms with Gasteiger partial charge in [-0.15, -0.1) is 3.97 Å². The summed E-state index contributed by atoms with van der Waals surface area (Å²) >= 11 is 0. The first-order valence-corrected chi connectivity index (χ1v) is 6.47. The Bertz CT molecular complexity index is 356. The number of carbonyl (C=O) groups excluding carboxylic acids is 1. The smallest absolute Gasteiger partial charge is 0.394 e. The van der Waals surface area contributed by atoms with Crippen molar-refractivity contribution in [3.8, 4) is 0 Å². The minimum atomic E-state index is -4.50. The van der Waals surface area contributed by atoms with Gasteiger partial charge in [0.15, 0.2) is 6.29 Å². The highest BCUT2D eigenvalue weighted by Crippen LogP contribution is 2.03. The quantitative estimate of drug-likeness (QED) is 0.155. The van der Waals surface area contributed by atoms with Gasteiger partial charge in [-0.3, -0.25) is 4.55 Å². The molecule has 0 aliphatic carbocycles. The molecule has 4 atom stereocenters. The van der Waals surface area contributed by atoms with E-state index in [4.69, 9.17) is 34.7 Å². The molecule has 13 heteroatoms. The van der Waals surface area contributed by atoms with E-state index < -0.39 is 50.1 Å². The summed E-state index contributed by atoms with van der Waals surface area (Å²) in [5.74, 6) is 0. The summed E-state index contributed by atoms with van der Waals surface area (Å²) in [6.07, 6.45) is -6.84. The van der Waals surface area contributed by atoms with E-state index in [2.05, 4.69) is 3.97 Å². The molecule has 6 N–H and O–H groups in total. The van der Waals surface area contributed by atoms with Crippen LogP contribution >= 0.6 is 8.69 Å². The lowest BCUT2D eigenvalue weighted by molar-refractivity contribution is -0.136. The van der Waals surface area contributed by atoms with Gasteiger partial charge in [0.1, 0.15) is 24.4 Å². The second kappa shape index (κ2) is 10.3. The molecule has 19 heavy (non-hydrogen) atoms. The van der Waals surface area contributed by atoms with Crippen molar-refractivity contribution < 1.29 is 51.8 Å². The lowest BCUT2D eigenvalue weighted by atomic mass is 10.0. The van der Waals surface area contributed by atoms with Crippen molar-refractivity contribution in [1.82, 2.24) is 0 Å². The van der Waals surface area contributed by atoms with E-state index in [-0.39, 0.29) is 6.29 Å². The summed E-state index contributed by atoms with van der Waals surface area (Å²) in [5.41, 5.74) is 0. The van der Waals surface area contributed by atoms with Gasteiger partial charge in [-0.2, -0.15) is 8.42 Å². The molecule has 0 fully saturated rings. The fraction of sp³-hybridized carbons (Fsp3) is 0.833. The topological polar surface area (TPSA) is 199 Å². The van der Waals surface area contributed by atoms with Crippen LogP contribution in [0.15, 0.2) is 0 Å². The van der Waals surface area contributed by atoms with Crippen LogP contribution in [-0.4, -0.2) is 75.8 Å². The Morgan fingerprint density at radius 1 is 1.16 bits per heavy atom. The number of rotatable bonds is 7. The third-order valence-electron chi connectivity index (χ3n) is 1.55. The molecule has 0 bridgehead atoms. The van der Waals surface area contributed by atoms with Crippen LogP contribution < -0.4 is 0 Å². The Labute approximate surface area is 109 Å². The number of aldehydes is 1. The second-order valence-electron chi connectivity index (χ2n) is 2.93. The first-order valence-electron chi connectivity index (χ1n) is 4.37. The predicted octanol–water partition coefficient (Wildman–Crippen LogP) is -3.37. The van der Waals surface area contributed by atoms with Gasteiger partial charge < -0.3 is 30.3 Å². The molecule has 114 valence electrons. The van der Waals surface area contributed by atoms with Crippen LogP contribution in [0.3, 0.4) is 0 Å². The molecular weight excluding hydrogens is 311 g/mol. The Morgan fingerprint density at radius 2 is 1.63 bits per heavy atom. The van der Waals surface area contributed by atoms with E-state index in [0.717, 1.165) is 0 Å². The van der Waals surface area contributed by atoms with Crippen molar-refractivity contribution in [2.75, 3.05) is 6.61 Å². The summed E-state index contributed by atoms with van der Waals surface area (Å²) in [7, 11) is -5.58. The summed E-state index contributed by atoms with van der Waals surface area (Å²) in [6.45, 7) is -0.760. The largest absolute Gasteiger partial charge is 0.407 e. The van der Waals surface area contributed by atoms with Crippen LogP contribution in [-0.2, 0) is 23.7 Å². The Morgan fingerprint density at radius 3 is 1.84 bits per heavy atom. The standard InChI is InChI=1S/C6H12O6.HO5PS/c7-1-3(9)5(11)6(12)4(10)2-8;1-6-5-7(2,3)4/h1,3-6,8-12H,2H2;(H,2,3,4)/t3-,4-,5-,6-;/m1./s1. The average Bonchev–Trinajstić information content (AvgIpc) is 2.34. The fourth-order valence-corrected chi connectivity index (χ4v) is 0.964. The molecule has 0 aliphatic heterocycles. The van der Waals surface area contributed by atoms with Crippen molar-refractivity contribution in [2.24, 2.45) is 0 Å². The van der Waals surface area contributed by atoms with Crippen molar-refractivity contribution in [3.05, 3.63) is 0 Å². The number of hydrogen-bond acceptors (Lipinski definition) is 10. The third kappa shape index (κ3) is 11.0. The lowest BCUT2D eigenvalue weighted by Crippen LogP contribution is -2.46. The summed E-state index contributed by atoms with van der Waals surface area (Å²) in [6, 6.07) is 0. The maximum atomic E-state index is 9.90. The zero-order valence-electron chi connectivity index (χ0n) is 9.17. The SMILES string of the molecule is O=C[C@@H](O)[C@@H](O)[C@H](O)[C@H](O)CO.O=POS(=O)(=O)O. The molecule has 0 amide bonds. The van der Waals surface area contributed by atoms with Gasteiger partial charge in [-0.05, 0) is 0 Å². The van der Waals surface area contributed by atoms with Crippen molar-refractivity contribution in [2.45, 2.75) is 24.4 Å². The zero-order chi connectivity index (χ0) is 15.6. The fourth-order valence-electron chi connectivity index (χ4n) is 0.657. The molecule has 0 spiro atoms. The second-order valence-corrected chi connectivity index (χ2v) is 4.54. The zero-order valence-corrected chi connectivity index (χ0v) is 10.9. The molecule has 0 radical (unpaired) electrons. The predicted molar refractivity (Wildman–Crippen MR) is 57.4 cm³/mol. The van der Waals surface area contributed by atoms with Gasteiger partial charge in [0, 0.05) is 0 Å². The van der Waals surface area contributed by atoms with Crippen molar-refractivity contribution in [1.29, 1.82) is 0 Å². The number of hydrogen-bond donors (Lipinski definition) is 6. The highest BCUT2D eigenvalue weighted by molar-refractivity contribution is 7.83. The lowest BCUT2D eigenvalue weighted by Gasteiger charge is -2.22. The molecule has 0 aromatic rings. The minimum Gasteiger partial charge on any atom is -0.394 e. The first kappa shape index (κ1) is 20.8. The Balaban J connectivity index is 0. The maximum absolute atomic E-state index is 9.90. The highest BCUT2D eigenvalue weighted by atomic mass is 32.3. The van der Waals surface area contributed by atoms with E-state index in [1.54, 1.807) is 0 Å². The van der Waals surface area contributed by atoms with Crippen LogP contribution in [0.1, 0.15) is 0 Å². The molecule has 11 nitrogen and oxygen atoms in total. The van der Waals surface area contributed by atoms with Crippen LogP contribution in [0.4, 0.5) is 0 Å². The minimum absolute atomic E-state index is 0.0258.